The molecule has 19 heavy (non-hydrogen) atoms. The van der Waals surface area contributed by atoms with Gasteiger partial charge in [0.1, 0.15) is 0 Å². The topological polar surface area (TPSA) is 49.3 Å². The zero-order valence-electron chi connectivity index (χ0n) is 12.1. The Morgan fingerprint density at radius 2 is 1.79 bits per heavy atom. The summed E-state index contributed by atoms with van der Waals surface area (Å²) >= 11 is 0. The highest BCUT2D eigenvalue weighted by Gasteiger charge is 2.13. The van der Waals surface area contributed by atoms with E-state index in [1.165, 1.54) is 11.1 Å². The molecule has 1 rings (SSSR count). The molecule has 0 heterocycles. The minimum Gasteiger partial charge on any atom is -0.396 e. The average Bonchev–Trinajstić information content (AvgIpc) is 2.44. The lowest BCUT2D eigenvalue weighted by molar-refractivity contribution is -0.122. The lowest BCUT2D eigenvalue weighted by atomic mass is 10.0. The summed E-state index contributed by atoms with van der Waals surface area (Å²) in [4.78, 5) is 11.8. The number of aliphatic hydroxyl groups is 1. The molecular formula is C16H25NO2. The zero-order valence-corrected chi connectivity index (χ0v) is 12.1. The molecule has 0 bridgehead atoms. The van der Waals surface area contributed by atoms with Crippen molar-refractivity contribution < 1.29 is 9.90 Å². The van der Waals surface area contributed by atoms with Crippen molar-refractivity contribution in [1.82, 2.24) is 5.32 Å². The molecule has 2 unspecified atom stereocenters. The molecular weight excluding hydrogens is 238 g/mol. The number of benzene rings is 1. The fourth-order valence-corrected chi connectivity index (χ4v) is 1.83. The van der Waals surface area contributed by atoms with Gasteiger partial charge in [-0.2, -0.15) is 0 Å². The summed E-state index contributed by atoms with van der Waals surface area (Å²) in [7, 11) is 0. The summed E-state index contributed by atoms with van der Waals surface area (Å²) in [5, 5.41) is 11.9. The Morgan fingerprint density at radius 1 is 1.21 bits per heavy atom. The summed E-state index contributed by atoms with van der Waals surface area (Å²) in [6.45, 7) is 6.08. The van der Waals surface area contributed by atoms with Gasteiger partial charge >= 0.3 is 0 Å². The van der Waals surface area contributed by atoms with Gasteiger partial charge in [-0.3, -0.25) is 4.79 Å². The normalized spacial score (nSPS) is 13.9. The van der Waals surface area contributed by atoms with Crippen LogP contribution >= 0.6 is 0 Å². The predicted octanol–water partition coefficient (Wildman–Crippen LogP) is 2.31. The van der Waals surface area contributed by atoms with Gasteiger partial charge in [-0.25, -0.2) is 0 Å². The van der Waals surface area contributed by atoms with E-state index < -0.39 is 0 Å². The number of hydrogen-bond donors (Lipinski definition) is 2. The molecule has 0 saturated carbocycles. The van der Waals surface area contributed by atoms with Gasteiger partial charge in [0.2, 0.25) is 5.91 Å². The second-order valence-electron chi connectivity index (χ2n) is 5.19. The van der Waals surface area contributed by atoms with Gasteiger partial charge in [0.05, 0.1) is 0 Å². The van der Waals surface area contributed by atoms with E-state index >= 15 is 0 Å². The monoisotopic (exact) mass is 263 g/mol. The standard InChI is InChI=1S/C16H25NO2/c1-4-14-5-7-15(8-6-14)9-10-16(19)17-13(3)12(2)11-18/h5-8,12-13,18H,4,9-11H2,1-3H3,(H,17,19). The molecule has 0 spiro atoms. The van der Waals surface area contributed by atoms with Gasteiger partial charge in [0.25, 0.3) is 0 Å². The number of rotatable bonds is 7. The number of nitrogens with one attached hydrogen (secondary N) is 1. The SMILES string of the molecule is CCc1ccc(CCC(=O)NC(C)C(C)CO)cc1. The molecule has 106 valence electrons. The van der Waals surface area contributed by atoms with Crippen LogP contribution in [0.15, 0.2) is 24.3 Å². The van der Waals surface area contributed by atoms with E-state index in [1.807, 2.05) is 13.8 Å². The first-order valence-electron chi connectivity index (χ1n) is 7.04. The van der Waals surface area contributed by atoms with Crippen molar-refractivity contribution >= 4 is 5.91 Å². The Kier molecular flexibility index (Phi) is 6.57. The quantitative estimate of drug-likeness (QED) is 0.793. The van der Waals surface area contributed by atoms with Gasteiger partial charge in [0, 0.05) is 19.1 Å². The number of carbonyl (C=O) groups excluding carboxylic acids is 1. The summed E-state index contributed by atoms with van der Waals surface area (Å²) in [6.07, 6.45) is 2.29. The molecule has 2 atom stereocenters. The molecule has 0 aromatic heterocycles. The van der Waals surface area contributed by atoms with Crippen molar-refractivity contribution in [2.45, 2.75) is 46.1 Å². The Bertz CT molecular complexity index is 386. The third-order valence-electron chi connectivity index (χ3n) is 3.60. The van der Waals surface area contributed by atoms with E-state index in [-0.39, 0.29) is 24.5 Å². The minimum atomic E-state index is 0.0139. The van der Waals surface area contributed by atoms with E-state index in [2.05, 4.69) is 36.5 Å². The predicted molar refractivity (Wildman–Crippen MR) is 78.0 cm³/mol. The van der Waals surface area contributed by atoms with E-state index in [1.54, 1.807) is 0 Å². The fraction of sp³-hybridized carbons (Fsp3) is 0.562. The second-order valence-corrected chi connectivity index (χ2v) is 5.19. The summed E-state index contributed by atoms with van der Waals surface area (Å²) in [5.74, 6) is 0.139. The van der Waals surface area contributed by atoms with Crippen molar-refractivity contribution in [2.75, 3.05) is 6.61 Å². The van der Waals surface area contributed by atoms with Crippen molar-refractivity contribution in [1.29, 1.82) is 0 Å². The molecule has 3 heteroatoms. The Balaban J connectivity index is 2.37. The highest BCUT2D eigenvalue weighted by Crippen LogP contribution is 2.08. The second kappa shape index (κ2) is 7.95. The molecule has 3 nitrogen and oxygen atoms in total. The smallest absolute Gasteiger partial charge is 0.220 e. The fourth-order valence-electron chi connectivity index (χ4n) is 1.83. The maximum absolute atomic E-state index is 11.8. The Labute approximate surface area is 116 Å². The number of aryl methyl sites for hydroxylation is 2. The van der Waals surface area contributed by atoms with Gasteiger partial charge in [-0.15, -0.1) is 0 Å². The largest absolute Gasteiger partial charge is 0.396 e. The van der Waals surface area contributed by atoms with E-state index in [0.717, 1.165) is 12.8 Å². The van der Waals surface area contributed by atoms with Crippen LogP contribution < -0.4 is 5.32 Å². The number of carbonyl (C=O) groups is 1. The summed E-state index contributed by atoms with van der Waals surface area (Å²) in [6, 6.07) is 8.42. The van der Waals surface area contributed by atoms with Gasteiger partial charge < -0.3 is 10.4 Å². The van der Waals surface area contributed by atoms with Crippen LogP contribution in [0.2, 0.25) is 0 Å². The van der Waals surface area contributed by atoms with Crippen LogP contribution in [-0.4, -0.2) is 23.7 Å². The Morgan fingerprint density at radius 3 is 2.32 bits per heavy atom. The summed E-state index contributed by atoms with van der Waals surface area (Å²) < 4.78 is 0. The Hall–Kier alpha value is -1.35. The third-order valence-corrected chi connectivity index (χ3v) is 3.60. The molecule has 1 aromatic carbocycles. The van der Waals surface area contributed by atoms with E-state index in [0.29, 0.717) is 6.42 Å². The molecule has 0 aliphatic carbocycles. The molecule has 0 saturated heterocycles. The molecule has 0 fully saturated rings. The van der Waals surface area contributed by atoms with Crippen molar-refractivity contribution in [3.05, 3.63) is 35.4 Å². The van der Waals surface area contributed by atoms with Gasteiger partial charge in [-0.1, -0.05) is 38.1 Å². The molecule has 0 aliphatic heterocycles. The molecule has 0 aliphatic rings. The van der Waals surface area contributed by atoms with Crippen LogP contribution in [-0.2, 0) is 17.6 Å². The van der Waals surface area contributed by atoms with Crippen LogP contribution in [0.4, 0.5) is 0 Å². The molecule has 1 aromatic rings. The van der Waals surface area contributed by atoms with Crippen LogP contribution in [0.25, 0.3) is 0 Å². The first-order chi connectivity index (χ1) is 9.06. The van der Waals surface area contributed by atoms with Crippen LogP contribution in [0, 0.1) is 5.92 Å². The van der Waals surface area contributed by atoms with Crippen LogP contribution in [0.3, 0.4) is 0 Å². The van der Waals surface area contributed by atoms with Crippen LogP contribution in [0.1, 0.15) is 38.3 Å². The van der Waals surface area contributed by atoms with E-state index in [9.17, 15) is 4.79 Å². The number of hydrogen-bond acceptors (Lipinski definition) is 2. The lowest BCUT2D eigenvalue weighted by Crippen LogP contribution is -2.38. The zero-order chi connectivity index (χ0) is 14.3. The van der Waals surface area contributed by atoms with E-state index in [4.69, 9.17) is 5.11 Å². The number of amides is 1. The molecule has 1 amide bonds. The number of aliphatic hydroxyl groups excluding tert-OH is 1. The first-order valence-corrected chi connectivity index (χ1v) is 7.04. The maximum atomic E-state index is 11.8. The minimum absolute atomic E-state index is 0.0139. The van der Waals surface area contributed by atoms with Gasteiger partial charge in [0.15, 0.2) is 0 Å². The molecule has 0 radical (unpaired) electrons. The molecule has 2 N–H and O–H groups in total. The third kappa shape index (κ3) is 5.43. The van der Waals surface area contributed by atoms with Crippen molar-refractivity contribution in [2.24, 2.45) is 5.92 Å². The average molecular weight is 263 g/mol. The van der Waals surface area contributed by atoms with Crippen molar-refractivity contribution in [3.8, 4) is 0 Å². The highest BCUT2D eigenvalue weighted by atomic mass is 16.3. The highest BCUT2D eigenvalue weighted by molar-refractivity contribution is 5.76. The van der Waals surface area contributed by atoms with Gasteiger partial charge in [-0.05, 0) is 36.8 Å². The lowest BCUT2D eigenvalue weighted by Gasteiger charge is -2.19. The van der Waals surface area contributed by atoms with Crippen molar-refractivity contribution in [3.63, 3.8) is 0 Å². The maximum Gasteiger partial charge on any atom is 0.220 e. The van der Waals surface area contributed by atoms with Crippen LogP contribution in [0.5, 0.6) is 0 Å². The first kappa shape index (κ1) is 15.7. The summed E-state index contributed by atoms with van der Waals surface area (Å²) in [5.41, 5.74) is 2.51.